The van der Waals surface area contributed by atoms with Crippen LogP contribution >= 0.6 is 11.6 Å². The third-order valence-corrected chi connectivity index (χ3v) is 4.33. The molecule has 0 aliphatic carbocycles. The predicted octanol–water partition coefficient (Wildman–Crippen LogP) is 2.66. The van der Waals surface area contributed by atoms with Crippen LogP contribution < -0.4 is 0 Å². The Morgan fingerprint density at radius 3 is 2.81 bits per heavy atom. The van der Waals surface area contributed by atoms with Gasteiger partial charge in [-0.2, -0.15) is 5.10 Å². The van der Waals surface area contributed by atoms with E-state index in [1.165, 1.54) is 0 Å². The Bertz CT molecular complexity index is 691. The molecule has 0 aromatic carbocycles. The zero-order valence-corrected chi connectivity index (χ0v) is 13.0. The summed E-state index contributed by atoms with van der Waals surface area (Å²) < 4.78 is 6.74. The topological polar surface area (TPSA) is 64.2 Å². The molecule has 0 saturated carbocycles. The summed E-state index contributed by atoms with van der Waals surface area (Å²) in [5.41, 5.74) is 2.49. The maximum absolute atomic E-state index is 12.6. The van der Waals surface area contributed by atoms with E-state index < -0.39 is 0 Å². The van der Waals surface area contributed by atoms with Crippen LogP contribution in [0.4, 0.5) is 0 Å². The van der Waals surface area contributed by atoms with Crippen molar-refractivity contribution in [2.45, 2.75) is 32.7 Å². The fourth-order valence-corrected chi connectivity index (χ4v) is 3.24. The summed E-state index contributed by atoms with van der Waals surface area (Å²) in [5, 5.41) is 8.71. The van der Waals surface area contributed by atoms with Crippen LogP contribution in [-0.2, 0) is 7.05 Å². The first kappa shape index (κ1) is 14.1. The Hall–Kier alpha value is -1.82. The summed E-state index contributed by atoms with van der Waals surface area (Å²) in [5.74, 6) is 0.134. The van der Waals surface area contributed by atoms with Gasteiger partial charge >= 0.3 is 0 Å². The van der Waals surface area contributed by atoms with Gasteiger partial charge in [-0.1, -0.05) is 16.8 Å². The van der Waals surface area contributed by atoms with Gasteiger partial charge in [0.1, 0.15) is 5.15 Å². The van der Waals surface area contributed by atoms with Crippen LogP contribution in [0.5, 0.6) is 0 Å². The molecule has 6 nitrogen and oxygen atoms in total. The van der Waals surface area contributed by atoms with Crippen molar-refractivity contribution in [3.05, 3.63) is 33.9 Å². The van der Waals surface area contributed by atoms with Crippen LogP contribution in [0.2, 0.25) is 5.15 Å². The van der Waals surface area contributed by atoms with E-state index in [0.29, 0.717) is 17.4 Å². The predicted molar refractivity (Wildman–Crippen MR) is 77.2 cm³/mol. The molecule has 3 rings (SSSR count). The average molecular weight is 309 g/mol. The van der Waals surface area contributed by atoms with Crippen molar-refractivity contribution in [3.8, 4) is 0 Å². The molecule has 1 aliphatic rings. The molecule has 1 atom stereocenters. The van der Waals surface area contributed by atoms with Gasteiger partial charge in [0.25, 0.3) is 5.91 Å². The summed E-state index contributed by atoms with van der Waals surface area (Å²) in [6.45, 7) is 4.40. The molecule has 7 heteroatoms. The Kier molecular flexibility index (Phi) is 3.49. The van der Waals surface area contributed by atoms with E-state index in [2.05, 4.69) is 10.3 Å². The van der Waals surface area contributed by atoms with Crippen molar-refractivity contribution in [1.29, 1.82) is 0 Å². The summed E-state index contributed by atoms with van der Waals surface area (Å²) in [7, 11) is 1.81. The van der Waals surface area contributed by atoms with Crippen molar-refractivity contribution >= 4 is 17.5 Å². The van der Waals surface area contributed by atoms with Crippen molar-refractivity contribution in [2.75, 3.05) is 6.54 Å². The maximum atomic E-state index is 12.6. The van der Waals surface area contributed by atoms with E-state index in [0.717, 1.165) is 24.1 Å². The summed E-state index contributed by atoms with van der Waals surface area (Å²) >= 11 is 6.34. The summed E-state index contributed by atoms with van der Waals surface area (Å²) in [4.78, 5) is 14.4. The Morgan fingerprint density at radius 1 is 1.48 bits per heavy atom. The zero-order valence-electron chi connectivity index (χ0n) is 12.3. The van der Waals surface area contributed by atoms with Gasteiger partial charge in [-0.05, 0) is 26.7 Å². The highest BCUT2D eigenvalue weighted by atomic mass is 35.5. The monoisotopic (exact) mass is 308 g/mol. The lowest BCUT2D eigenvalue weighted by atomic mass is 10.1. The van der Waals surface area contributed by atoms with Crippen LogP contribution in [0.3, 0.4) is 0 Å². The van der Waals surface area contributed by atoms with E-state index in [9.17, 15) is 4.79 Å². The molecule has 21 heavy (non-hydrogen) atoms. The van der Waals surface area contributed by atoms with Crippen LogP contribution in [0.1, 0.15) is 46.4 Å². The van der Waals surface area contributed by atoms with Gasteiger partial charge in [0.15, 0.2) is 0 Å². The number of rotatable bonds is 2. The molecule has 1 aliphatic heterocycles. The Morgan fingerprint density at radius 2 is 2.24 bits per heavy atom. The van der Waals surface area contributed by atoms with Gasteiger partial charge in [-0.25, -0.2) is 0 Å². The normalized spacial score (nSPS) is 18.5. The van der Waals surface area contributed by atoms with Gasteiger partial charge in [0.05, 0.1) is 17.4 Å². The number of halogens is 1. The molecule has 0 bridgehead atoms. The van der Waals surface area contributed by atoms with Gasteiger partial charge in [0.2, 0.25) is 5.76 Å². The first-order chi connectivity index (χ1) is 9.99. The van der Waals surface area contributed by atoms with Gasteiger partial charge in [-0.15, -0.1) is 0 Å². The van der Waals surface area contributed by atoms with Crippen LogP contribution in [0.15, 0.2) is 10.6 Å². The van der Waals surface area contributed by atoms with E-state index in [1.807, 2.05) is 6.92 Å². The number of carbonyl (C=O) groups is 1. The molecule has 112 valence electrons. The number of likely N-dealkylation sites (tertiary alicyclic amines) is 1. The second-order valence-electron chi connectivity index (χ2n) is 5.40. The molecule has 2 aromatic heterocycles. The van der Waals surface area contributed by atoms with Crippen molar-refractivity contribution in [2.24, 2.45) is 7.05 Å². The van der Waals surface area contributed by atoms with Crippen LogP contribution in [0.25, 0.3) is 0 Å². The van der Waals surface area contributed by atoms with Gasteiger partial charge in [0, 0.05) is 25.2 Å². The second kappa shape index (κ2) is 5.18. The average Bonchev–Trinajstić information content (AvgIpc) is 3.11. The number of nitrogens with zero attached hydrogens (tertiary/aromatic N) is 4. The minimum Gasteiger partial charge on any atom is -0.351 e. The molecular formula is C14H17ClN4O2. The quantitative estimate of drug-likeness (QED) is 0.855. The molecule has 0 spiro atoms. The molecule has 1 fully saturated rings. The number of carbonyl (C=O) groups excluding carboxylic acids is 1. The highest BCUT2D eigenvalue weighted by Gasteiger charge is 2.35. The zero-order chi connectivity index (χ0) is 15.1. The van der Waals surface area contributed by atoms with Crippen molar-refractivity contribution < 1.29 is 9.32 Å². The first-order valence-corrected chi connectivity index (χ1v) is 7.30. The molecule has 1 saturated heterocycles. The van der Waals surface area contributed by atoms with E-state index in [1.54, 1.807) is 29.6 Å². The van der Waals surface area contributed by atoms with Gasteiger partial charge in [-0.3, -0.25) is 9.48 Å². The smallest absolute Gasteiger partial charge is 0.292 e. The number of hydrogen-bond donors (Lipinski definition) is 0. The number of aromatic nitrogens is 3. The number of amides is 1. The first-order valence-electron chi connectivity index (χ1n) is 6.92. The summed E-state index contributed by atoms with van der Waals surface area (Å²) in [6.07, 6.45) is 1.82. The highest BCUT2D eigenvalue weighted by molar-refractivity contribution is 6.30. The molecular weight excluding hydrogens is 292 g/mol. The van der Waals surface area contributed by atoms with E-state index >= 15 is 0 Å². The molecule has 3 heterocycles. The lowest BCUT2D eigenvalue weighted by molar-refractivity contribution is 0.0693. The third kappa shape index (κ3) is 2.33. The molecule has 0 radical (unpaired) electrons. The van der Waals surface area contributed by atoms with Crippen LogP contribution in [-0.4, -0.2) is 32.3 Å². The minimum absolute atomic E-state index is 0.0518. The minimum atomic E-state index is -0.141. The van der Waals surface area contributed by atoms with E-state index in [4.69, 9.17) is 16.1 Å². The third-order valence-electron chi connectivity index (χ3n) is 3.88. The van der Waals surface area contributed by atoms with Gasteiger partial charge < -0.3 is 9.42 Å². The SMILES string of the molecule is Cc1cc(C(=O)N2CCC[C@H]2c2c(C)nn(C)c2Cl)on1. The Balaban J connectivity index is 1.94. The molecule has 0 N–H and O–H groups in total. The molecule has 1 amide bonds. The fourth-order valence-electron chi connectivity index (χ4n) is 2.94. The number of hydrogen-bond acceptors (Lipinski definition) is 4. The second-order valence-corrected chi connectivity index (χ2v) is 5.76. The fraction of sp³-hybridized carbons (Fsp3) is 0.500. The molecule has 0 unspecified atom stereocenters. The summed E-state index contributed by atoms with van der Waals surface area (Å²) in [6, 6.07) is 1.61. The number of aryl methyl sites for hydroxylation is 3. The van der Waals surface area contributed by atoms with Crippen molar-refractivity contribution in [1.82, 2.24) is 19.8 Å². The Labute approximate surface area is 127 Å². The van der Waals surface area contributed by atoms with Crippen molar-refractivity contribution in [3.63, 3.8) is 0 Å². The highest BCUT2D eigenvalue weighted by Crippen LogP contribution is 2.38. The lowest BCUT2D eigenvalue weighted by Crippen LogP contribution is -2.30. The van der Waals surface area contributed by atoms with E-state index in [-0.39, 0.29) is 17.7 Å². The standard InChI is InChI=1S/C14H17ClN4O2/c1-8-7-11(21-17-8)14(20)19-6-4-5-10(19)12-9(2)16-18(3)13(12)15/h7,10H,4-6H2,1-3H3/t10-/m0/s1. The molecule has 2 aromatic rings. The lowest BCUT2D eigenvalue weighted by Gasteiger charge is -2.23. The maximum Gasteiger partial charge on any atom is 0.292 e. The largest absolute Gasteiger partial charge is 0.351 e. The van der Waals surface area contributed by atoms with Crippen LogP contribution in [0, 0.1) is 13.8 Å².